The Morgan fingerprint density at radius 1 is 1.27 bits per heavy atom. The van der Waals surface area contributed by atoms with Crippen molar-refractivity contribution in [2.75, 3.05) is 19.6 Å². The number of fused-ring (bicyclic) bond motifs is 2. The van der Waals surface area contributed by atoms with Crippen molar-refractivity contribution in [1.29, 1.82) is 0 Å². The molecule has 4 rings (SSSR count). The Morgan fingerprint density at radius 3 is 2.36 bits per heavy atom. The van der Waals surface area contributed by atoms with Crippen LogP contribution in [0.15, 0.2) is 24.3 Å². The summed E-state index contributed by atoms with van der Waals surface area (Å²) in [5, 5.41) is 0. The summed E-state index contributed by atoms with van der Waals surface area (Å²) in [6, 6.07) is 7.25. The molecule has 1 aromatic carbocycles. The van der Waals surface area contributed by atoms with Crippen molar-refractivity contribution in [1.82, 2.24) is 9.80 Å². The molecule has 1 amide bonds. The van der Waals surface area contributed by atoms with Crippen LogP contribution in [-0.2, 0) is 4.79 Å². The predicted molar refractivity (Wildman–Crippen MR) is 83.9 cm³/mol. The number of amides is 1. The normalized spacial score (nSPS) is 26.0. The van der Waals surface area contributed by atoms with E-state index in [0.717, 1.165) is 25.1 Å². The summed E-state index contributed by atoms with van der Waals surface area (Å²) in [7, 11) is 0. The molecule has 3 aliphatic rings. The van der Waals surface area contributed by atoms with Gasteiger partial charge in [-0.15, -0.1) is 0 Å². The largest absolute Gasteiger partial charge is 0.333 e. The van der Waals surface area contributed by atoms with Gasteiger partial charge in [0.05, 0.1) is 5.92 Å². The number of piperazine rings is 1. The van der Waals surface area contributed by atoms with E-state index in [4.69, 9.17) is 5.73 Å². The number of carbonyl (C=O) groups is 1. The Bertz CT molecular complexity index is 533. The lowest BCUT2D eigenvalue weighted by Gasteiger charge is -2.58. The van der Waals surface area contributed by atoms with E-state index in [0.29, 0.717) is 18.1 Å². The Morgan fingerprint density at radius 2 is 1.86 bits per heavy atom. The van der Waals surface area contributed by atoms with Crippen LogP contribution >= 0.6 is 0 Å². The molecule has 3 aliphatic heterocycles. The van der Waals surface area contributed by atoms with Crippen molar-refractivity contribution < 1.29 is 9.18 Å². The minimum Gasteiger partial charge on any atom is -0.333 e. The second-order valence-corrected chi connectivity index (χ2v) is 6.68. The molecule has 5 heteroatoms. The van der Waals surface area contributed by atoms with Gasteiger partial charge in [0.25, 0.3) is 0 Å². The lowest BCUT2D eigenvalue weighted by molar-refractivity contribution is -0.156. The first-order valence-corrected chi connectivity index (χ1v) is 8.03. The fourth-order valence-electron chi connectivity index (χ4n) is 3.68. The molecular formula is C17H24FN3O. The molecule has 0 spiro atoms. The van der Waals surface area contributed by atoms with Gasteiger partial charge < -0.3 is 10.6 Å². The average Bonchev–Trinajstić information content (AvgIpc) is 2.50. The van der Waals surface area contributed by atoms with Crippen LogP contribution in [0.4, 0.5) is 4.39 Å². The molecule has 0 aliphatic carbocycles. The van der Waals surface area contributed by atoms with Gasteiger partial charge in [-0.25, -0.2) is 4.39 Å². The van der Waals surface area contributed by atoms with Gasteiger partial charge in [0.2, 0.25) is 5.91 Å². The monoisotopic (exact) mass is 305 g/mol. The third-order valence-corrected chi connectivity index (χ3v) is 5.01. The molecule has 3 saturated heterocycles. The SMILES string of the molecule is CC(C)N1CC2CC(C1)N2C(=O)C(CN)c1ccc(F)cc1. The average molecular weight is 305 g/mol. The summed E-state index contributed by atoms with van der Waals surface area (Å²) < 4.78 is 13.1. The number of hydrogen-bond acceptors (Lipinski definition) is 3. The van der Waals surface area contributed by atoms with E-state index in [-0.39, 0.29) is 24.2 Å². The van der Waals surface area contributed by atoms with Gasteiger partial charge in [0, 0.05) is 37.8 Å². The van der Waals surface area contributed by atoms with Crippen molar-refractivity contribution in [3.63, 3.8) is 0 Å². The highest BCUT2D eigenvalue weighted by atomic mass is 19.1. The summed E-state index contributed by atoms with van der Waals surface area (Å²) in [5.41, 5.74) is 6.64. The number of rotatable bonds is 4. The van der Waals surface area contributed by atoms with E-state index in [1.165, 1.54) is 12.1 Å². The second-order valence-electron chi connectivity index (χ2n) is 6.68. The van der Waals surface area contributed by atoms with Crippen LogP contribution in [0.1, 0.15) is 31.7 Å². The molecule has 2 N–H and O–H groups in total. The maximum Gasteiger partial charge on any atom is 0.231 e. The maximum absolute atomic E-state index is 13.1. The second kappa shape index (κ2) is 5.97. The lowest BCUT2D eigenvalue weighted by Crippen LogP contribution is -2.71. The van der Waals surface area contributed by atoms with Crippen molar-refractivity contribution in [2.24, 2.45) is 5.73 Å². The Balaban J connectivity index is 1.72. The van der Waals surface area contributed by atoms with E-state index in [1.807, 2.05) is 4.90 Å². The maximum atomic E-state index is 13.1. The van der Waals surface area contributed by atoms with Crippen molar-refractivity contribution in [3.8, 4) is 0 Å². The zero-order valence-electron chi connectivity index (χ0n) is 13.2. The molecule has 3 atom stereocenters. The van der Waals surface area contributed by atoms with Gasteiger partial charge in [-0.2, -0.15) is 0 Å². The van der Waals surface area contributed by atoms with E-state index in [9.17, 15) is 9.18 Å². The zero-order valence-corrected chi connectivity index (χ0v) is 13.2. The Hall–Kier alpha value is -1.46. The molecule has 22 heavy (non-hydrogen) atoms. The van der Waals surface area contributed by atoms with Crippen LogP contribution in [-0.4, -0.2) is 53.5 Å². The number of benzene rings is 1. The summed E-state index contributed by atoms with van der Waals surface area (Å²) in [6.07, 6.45) is 1.09. The van der Waals surface area contributed by atoms with E-state index in [1.54, 1.807) is 12.1 Å². The van der Waals surface area contributed by atoms with Crippen LogP contribution in [0.2, 0.25) is 0 Å². The van der Waals surface area contributed by atoms with E-state index >= 15 is 0 Å². The lowest BCUT2D eigenvalue weighted by atomic mass is 9.84. The van der Waals surface area contributed by atoms with Crippen LogP contribution in [0.3, 0.4) is 0 Å². The smallest absolute Gasteiger partial charge is 0.231 e. The molecule has 4 nitrogen and oxygen atoms in total. The van der Waals surface area contributed by atoms with Gasteiger partial charge in [-0.05, 0) is 38.0 Å². The van der Waals surface area contributed by atoms with Gasteiger partial charge in [-0.3, -0.25) is 9.69 Å². The molecular weight excluding hydrogens is 281 g/mol. The predicted octanol–water partition coefficient (Wildman–Crippen LogP) is 1.56. The highest BCUT2D eigenvalue weighted by molar-refractivity contribution is 5.85. The van der Waals surface area contributed by atoms with Crippen molar-refractivity contribution in [3.05, 3.63) is 35.6 Å². The summed E-state index contributed by atoms with van der Waals surface area (Å²) >= 11 is 0. The summed E-state index contributed by atoms with van der Waals surface area (Å²) in [5.74, 6) is -0.560. The molecule has 3 heterocycles. The van der Waals surface area contributed by atoms with Crippen LogP contribution < -0.4 is 5.73 Å². The minimum atomic E-state index is -0.364. The fourth-order valence-corrected chi connectivity index (χ4v) is 3.68. The molecule has 120 valence electrons. The summed E-state index contributed by atoms with van der Waals surface area (Å²) in [4.78, 5) is 17.3. The summed E-state index contributed by atoms with van der Waals surface area (Å²) in [6.45, 7) is 6.53. The minimum absolute atomic E-state index is 0.0961. The molecule has 0 aromatic heterocycles. The third kappa shape index (κ3) is 2.63. The molecule has 3 unspecified atom stereocenters. The molecule has 2 bridgehead atoms. The molecule has 3 fully saturated rings. The molecule has 1 aromatic rings. The van der Waals surface area contributed by atoms with Crippen molar-refractivity contribution in [2.45, 2.75) is 44.3 Å². The third-order valence-electron chi connectivity index (χ3n) is 5.01. The fraction of sp³-hybridized carbons (Fsp3) is 0.588. The van der Waals surface area contributed by atoms with Crippen LogP contribution in [0, 0.1) is 5.82 Å². The first-order chi connectivity index (χ1) is 10.5. The molecule has 0 saturated carbocycles. The number of carbonyl (C=O) groups excluding carboxylic acids is 1. The number of nitrogens with zero attached hydrogens (tertiary/aromatic N) is 2. The first-order valence-electron chi connectivity index (χ1n) is 8.03. The number of piperidine rings is 1. The number of hydrogen-bond donors (Lipinski definition) is 1. The quantitative estimate of drug-likeness (QED) is 0.918. The molecule has 0 radical (unpaired) electrons. The van der Waals surface area contributed by atoms with Gasteiger partial charge in [-0.1, -0.05) is 12.1 Å². The number of halogens is 1. The van der Waals surface area contributed by atoms with Crippen LogP contribution in [0.5, 0.6) is 0 Å². The Labute approximate surface area is 131 Å². The topological polar surface area (TPSA) is 49.6 Å². The Kier molecular flexibility index (Phi) is 4.19. The van der Waals surface area contributed by atoms with Gasteiger partial charge in [0.1, 0.15) is 5.82 Å². The van der Waals surface area contributed by atoms with E-state index < -0.39 is 0 Å². The van der Waals surface area contributed by atoms with Crippen molar-refractivity contribution >= 4 is 5.91 Å². The highest BCUT2D eigenvalue weighted by Crippen LogP contribution is 2.35. The first kappa shape index (κ1) is 15.4. The van der Waals surface area contributed by atoms with Gasteiger partial charge in [0.15, 0.2) is 0 Å². The standard InChI is InChI=1S/C17H24FN3O/c1-11(2)20-9-14-7-15(10-20)21(14)17(22)16(8-19)12-3-5-13(18)6-4-12/h3-6,11,14-16H,7-10,19H2,1-2H3. The van der Waals surface area contributed by atoms with Crippen LogP contribution in [0.25, 0.3) is 0 Å². The zero-order chi connectivity index (χ0) is 15.9. The van der Waals surface area contributed by atoms with E-state index in [2.05, 4.69) is 18.7 Å². The number of nitrogens with two attached hydrogens (primary N) is 1. The van der Waals surface area contributed by atoms with Gasteiger partial charge >= 0.3 is 0 Å². The highest BCUT2D eigenvalue weighted by Gasteiger charge is 2.48.